The zero-order valence-electron chi connectivity index (χ0n) is 18.9. The van der Waals surface area contributed by atoms with Crippen molar-refractivity contribution in [1.82, 2.24) is 15.5 Å². The molecule has 1 aliphatic heterocycles. The van der Waals surface area contributed by atoms with Gasteiger partial charge in [0, 0.05) is 19.1 Å². The van der Waals surface area contributed by atoms with Gasteiger partial charge in [-0.1, -0.05) is 24.3 Å². The fourth-order valence-electron chi connectivity index (χ4n) is 4.05. The molecule has 0 radical (unpaired) electrons. The first kappa shape index (κ1) is 22.9. The average Bonchev–Trinajstić information content (AvgIpc) is 2.79. The number of urea groups is 1. The molecule has 0 aliphatic carbocycles. The van der Waals surface area contributed by atoms with E-state index in [-0.39, 0.29) is 12.1 Å². The summed E-state index contributed by atoms with van der Waals surface area (Å²) in [7, 11) is 3.35. The molecule has 31 heavy (non-hydrogen) atoms. The zero-order chi connectivity index (χ0) is 22.1. The molecule has 3 rings (SSSR count). The maximum absolute atomic E-state index is 12.3. The normalized spacial score (nSPS) is 15.8. The summed E-state index contributed by atoms with van der Waals surface area (Å²) in [6.07, 6.45) is 2.99. The van der Waals surface area contributed by atoms with Gasteiger partial charge < -0.3 is 20.1 Å². The van der Waals surface area contributed by atoms with E-state index in [0.29, 0.717) is 5.92 Å². The van der Waals surface area contributed by atoms with Gasteiger partial charge in [-0.3, -0.25) is 4.90 Å². The highest BCUT2D eigenvalue weighted by atomic mass is 16.5. The summed E-state index contributed by atoms with van der Waals surface area (Å²) < 4.78 is 10.5. The molecule has 1 unspecified atom stereocenters. The molecule has 1 heterocycles. The second-order valence-electron chi connectivity index (χ2n) is 8.38. The fraction of sp³-hybridized carbons (Fsp3) is 0.480. The van der Waals surface area contributed by atoms with E-state index in [1.54, 1.807) is 14.2 Å². The minimum atomic E-state index is -0.0870. The summed E-state index contributed by atoms with van der Waals surface area (Å²) in [5, 5.41) is 6.11. The molecule has 1 saturated heterocycles. The van der Waals surface area contributed by atoms with E-state index in [9.17, 15) is 4.79 Å². The Labute approximate surface area is 185 Å². The van der Waals surface area contributed by atoms with Crippen LogP contribution in [0.4, 0.5) is 4.79 Å². The van der Waals surface area contributed by atoms with E-state index >= 15 is 0 Å². The van der Waals surface area contributed by atoms with E-state index in [0.717, 1.165) is 62.5 Å². The summed E-state index contributed by atoms with van der Waals surface area (Å²) in [5.41, 5.74) is 2.46. The third-order valence-electron chi connectivity index (χ3n) is 5.88. The quantitative estimate of drug-likeness (QED) is 0.641. The van der Waals surface area contributed by atoms with Crippen LogP contribution in [0.2, 0.25) is 0 Å². The fourth-order valence-corrected chi connectivity index (χ4v) is 4.05. The van der Waals surface area contributed by atoms with Crippen LogP contribution in [0.25, 0.3) is 0 Å². The van der Waals surface area contributed by atoms with Crippen molar-refractivity contribution in [3.63, 3.8) is 0 Å². The number of likely N-dealkylation sites (tertiary alicyclic amines) is 1. The first-order chi connectivity index (χ1) is 15.1. The van der Waals surface area contributed by atoms with Gasteiger partial charge in [0.05, 0.1) is 14.2 Å². The monoisotopic (exact) mass is 425 g/mol. The highest BCUT2D eigenvalue weighted by Gasteiger charge is 2.20. The van der Waals surface area contributed by atoms with Crippen molar-refractivity contribution < 1.29 is 14.3 Å². The molecule has 0 aromatic heterocycles. The smallest absolute Gasteiger partial charge is 0.315 e. The van der Waals surface area contributed by atoms with Crippen LogP contribution in [0.3, 0.4) is 0 Å². The van der Waals surface area contributed by atoms with E-state index < -0.39 is 0 Å². The number of benzene rings is 2. The minimum Gasteiger partial charge on any atom is -0.497 e. The predicted octanol–water partition coefficient (Wildman–Crippen LogP) is 3.85. The lowest BCUT2D eigenvalue weighted by Crippen LogP contribution is -2.44. The Kier molecular flexibility index (Phi) is 8.59. The van der Waals surface area contributed by atoms with Gasteiger partial charge in [-0.25, -0.2) is 4.79 Å². The van der Waals surface area contributed by atoms with E-state index in [1.807, 2.05) is 37.3 Å². The van der Waals surface area contributed by atoms with Gasteiger partial charge in [-0.2, -0.15) is 0 Å². The molecule has 1 aliphatic rings. The van der Waals surface area contributed by atoms with Crippen LogP contribution >= 0.6 is 0 Å². The number of methoxy groups -OCH3 is 2. The Morgan fingerprint density at radius 2 is 1.74 bits per heavy atom. The Balaban J connectivity index is 1.33. The Morgan fingerprint density at radius 1 is 1.03 bits per heavy atom. The standard InChI is InChI=1S/C25H35N3O3/c1-19(15-22-5-4-6-24(16-22)31-3)27-25(29)26-17-20-11-13-28(14-12-20)18-21-7-9-23(30-2)10-8-21/h4-10,16,19-20H,11-15,17-18H2,1-3H3,(H2,26,27,29). The Bertz CT molecular complexity index is 817. The lowest BCUT2D eigenvalue weighted by Gasteiger charge is -2.32. The third kappa shape index (κ3) is 7.47. The number of carbonyl (C=O) groups is 1. The van der Waals surface area contributed by atoms with Gasteiger partial charge in [-0.15, -0.1) is 0 Å². The molecule has 1 fully saturated rings. The number of hydrogen-bond acceptors (Lipinski definition) is 4. The van der Waals surface area contributed by atoms with E-state index in [2.05, 4.69) is 33.7 Å². The Morgan fingerprint density at radius 3 is 2.42 bits per heavy atom. The molecule has 0 bridgehead atoms. The molecular formula is C25H35N3O3. The van der Waals surface area contributed by atoms with Crippen LogP contribution in [0.1, 0.15) is 30.9 Å². The van der Waals surface area contributed by atoms with Crippen LogP contribution in [0.5, 0.6) is 11.5 Å². The van der Waals surface area contributed by atoms with Crippen LogP contribution in [-0.4, -0.2) is 50.8 Å². The van der Waals surface area contributed by atoms with Crippen LogP contribution in [0.15, 0.2) is 48.5 Å². The molecule has 0 saturated carbocycles. The lowest BCUT2D eigenvalue weighted by molar-refractivity contribution is 0.174. The number of nitrogens with one attached hydrogen (secondary N) is 2. The summed E-state index contributed by atoms with van der Waals surface area (Å²) in [6.45, 7) is 5.84. The predicted molar refractivity (Wildman–Crippen MR) is 124 cm³/mol. The van der Waals surface area contributed by atoms with E-state index in [1.165, 1.54) is 5.56 Å². The van der Waals surface area contributed by atoms with Gasteiger partial charge in [0.25, 0.3) is 0 Å². The molecule has 2 N–H and O–H groups in total. The SMILES string of the molecule is COc1ccc(CN2CCC(CNC(=O)NC(C)Cc3cccc(OC)c3)CC2)cc1. The molecule has 2 aromatic rings. The van der Waals surface area contributed by atoms with Crippen molar-refractivity contribution in [1.29, 1.82) is 0 Å². The maximum atomic E-state index is 12.3. The molecule has 1 atom stereocenters. The molecule has 6 heteroatoms. The van der Waals surface area contributed by atoms with Crippen molar-refractivity contribution in [2.75, 3.05) is 33.9 Å². The summed E-state index contributed by atoms with van der Waals surface area (Å²) >= 11 is 0. The lowest BCUT2D eigenvalue weighted by atomic mass is 9.96. The Hall–Kier alpha value is -2.73. The maximum Gasteiger partial charge on any atom is 0.315 e. The largest absolute Gasteiger partial charge is 0.497 e. The summed E-state index contributed by atoms with van der Waals surface area (Å²) in [5.74, 6) is 2.27. The van der Waals surface area contributed by atoms with Gasteiger partial charge >= 0.3 is 6.03 Å². The van der Waals surface area contributed by atoms with Crippen molar-refractivity contribution in [3.05, 3.63) is 59.7 Å². The topological polar surface area (TPSA) is 62.8 Å². The summed E-state index contributed by atoms with van der Waals surface area (Å²) in [4.78, 5) is 14.8. The summed E-state index contributed by atoms with van der Waals surface area (Å²) in [6, 6.07) is 16.2. The van der Waals surface area contributed by atoms with Gasteiger partial charge in [0.15, 0.2) is 0 Å². The highest BCUT2D eigenvalue weighted by molar-refractivity contribution is 5.74. The van der Waals surface area contributed by atoms with Crippen molar-refractivity contribution in [2.24, 2.45) is 5.92 Å². The molecule has 168 valence electrons. The minimum absolute atomic E-state index is 0.0541. The van der Waals surface area contributed by atoms with Crippen LogP contribution in [0, 0.1) is 5.92 Å². The number of ether oxygens (including phenoxy) is 2. The first-order valence-electron chi connectivity index (χ1n) is 11.1. The second kappa shape index (κ2) is 11.6. The number of piperidine rings is 1. The molecule has 0 spiro atoms. The van der Waals surface area contributed by atoms with Gasteiger partial charge in [0.1, 0.15) is 11.5 Å². The number of rotatable bonds is 9. The number of carbonyl (C=O) groups excluding carboxylic acids is 1. The van der Waals surface area contributed by atoms with Crippen LogP contribution < -0.4 is 20.1 Å². The molecule has 2 aromatic carbocycles. The van der Waals surface area contributed by atoms with Gasteiger partial charge in [0.2, 0.25) is 0 Å². The second-order valence-corrected chi connectivity index (χ2v) is 8.38. The number of hydrogen-bond donors (Lipinski definition) is 2. The van der Waals surface area contributed by atoms with Gasteiger partial charge in [-0.05, 0) is 80.6 Å². The number of nitrogens with zero attached hydrogens (tertiary/aromatic N) is 1. The first-order valence-corrected chi connectivity index (χ1v) is 11.1. The van der Waals surface area contributed by atoms with E-state index in [4.69, 9.17) is 9.47 Å². The third-order valence-corrected chi connectivity index (χ3v) is 5.88. The van der Waals surface area contributed by atoms with Crippen molar-refractivity contribution in [3.8, 4) is 11.5 Å². The average molecular weight is 426 g/mol. The van der Waals surface area contributed by atoms with Crippen molar-refractivity contribution in [2.45, 2.75) is 38.8 Å². The zero-order valence-corrected chi connectivity index (χ0v) is 18.9. The molecule has 6 nitrogen and oxygen atoms in total. The van der Waals surface area contributed by atoms with Crippen LogP contribution in [-0.2, 0) is 13.0 Å². The molecular weight excluding hydrogens is 390 g/mol. The highest BCUT2D eigenvalue weighted by Crippen LogP contribution is 2.20. The van der Waals surface area contributed by atoms with Crippen molar-refractivity contribution >= 4 is 6.03 Å². The number of amides is 2. The molecule has 2 amide bonds.